The molecule has 0 atom stereocenters. The summed E-state index contributed by atoms with van der Waals surface area (Å²) < 4.78 is 2.13. The van der Waals surface area contributed by atoms with Gasteiger partial charge in [0, 0.05) is 27.5 Å². The normalized spacial score (nSPS) is 12.1. The van der Waals surface area contributed by atoms with Crippen LogP contribution in [0.1, 0.15) is 53.0 Å². The van der Waals surface area contributed by atoms with Crippen LogP contribution in [0.5, 0.6) is 0 Å². The van der Waals surface area contributed by atoms with Gasteiger partial charge in [-0.1, -0.05) is 0 Å². The van der Waals surface area contributed by atoms with Crippen molar-refractivity contribution in [2.45, 2.75) is 67.1 Å². The maximum atomic E-state index is 4.65. The van der Waals surface area contributed by atoms with Gasteiger partial charge in [-0.15, -0.1) is 11.3 Å². The summed E-state index contributed by atoms with van der Waals surface area (Å²) in [6.07, 6.45) is 0. The van der Waals surface area contributed by atoms with E-state index >= 15 is 0 Å². The highest BCUT2D eigenvalue weighted by molar-refractivity contribution is 7.12. The predicted octanol–water partition coefficient (Wildman–Crippen LogP) is 4.11. The summed E-state index contributed by atoms with van der Waals surface area (Å²) >= 11 is 1.89. The fraction of sp³-hybridized carbons (Fsp3) is 0.588. The molecular weight excluding hydrogens is 278 g/mol. The maximum Gasteiger partial charge on any atom is 0.0673 e. The van der Waals surface area contributed by atoms with Crippen LogP contribution >= 0.6 is 11.3 Å². The van der Waals surface area contributed by atoms with Crippen LogP contribution in [-0.4, -0.2) is 15.3 Å². The topological polar surface area (TPSA) is 29.9 Å². The molecule has 3 nitrogen and oxygen atoms in total. The number of thiophene rings is 1. The minimum Gasteiger partial charge on any atom is -0.307 e. The molecule has 2 aromatic heterocycles. The summed E-state index contributed by atoms with van der Waals surface area (Å²) in [6, 6.07) is 2.32. The van der Waals surface area contributed by atoms with E-state index in [1.165, 1.54) is 26.6 Å². The fourth-order valence-corrected chi connectivity index (χ4v) is 3.28. The molecule has 4 heteroatoms. The van der Waals surface area contributed by atoms with Crippen molar-refractivity contribution >= 4 is 11.3 Å². The Morgan fingerprint density at radius 2 is 1.86 bits per heavy atom. The largest absolute Gasteiger partial charge is 0.307 e. The zero-order valence-corrected chi connectivity index (χ0v) is 15.1. The molecular formula is C17H27N3S. The second-order valence-corrected chi connectivity index (χ2v) is 8.19. The van der Waals surface area contributed by atoms with E-state index in [4.69, 9.17) is 0 Å². The molecule has 0 amide bonds. The van der Waals surface area contributed by atoms with Crippen molar-refractivity contribution in [3.05, 3.63) is 38.3 Å². The summed E-state index contributed by atoms with van der Waals surface area (Å²) in [6.45, 7) is 17.0. The molecule has 2 rings (SSSR count). The molecule has 21 heavy (non-hydrogen) atoms. The second-order valence-electron chi connectivity index (χ2n) is 6.85. The van der Waals surface area contributed by atoms with Gasteiger partial charge in [-0.05, 0) is 65.7 Å². The van der Waals surface area contributed by atoms with Gasteiger partial charge >= 0.3 is 0 Å². The van der Waals surface area contributed by atoms with Gasteiger partial charge in [0.05, 0.1) is 12.2 Å². The fourth-order valence-electron chi connectivity index (χ4n) is 2.29. The molecule has 0 unspecified atom stereocenters. The lowest BCUT2D eigenvalue weighted by Gasteiger charge is -2.19. The molecule has 0 aliphatic carbocycles. The van der Waals surface area contributed by atoms with Crippen molar-refractivity contribution in [2.24, 2.45) is 0 Å². The maximum absolute atomic E-state index is 4.65. The highest BCUT2D eigenvalue weighted by atomic mass is 32.1. The molecule has 0 aliphatic rings. The number of hydrogen-bond donors (Lipinski definition) is 1. The molecule has 0 aromatic carbocycles. The Balaban J connectivity index is 2.14. The van der Waals surface area contributed by atoms with E-state index < -0.39 is 0 Å². The Morgan fingerprint density at radius 1 is 1.19 bits per heavy atom. The molecule has 0 spiro atoms. The van der Waals surface area contributed by atoms with E-state index in [2.05, 4.69) is 69.6 Å². The highest BCUT2D eigenvalue weighted by Crippen LogP contribution is 2.24. The van der Waals surface area contributed by atoms with E-state index in [0.717, 1.165) is 18.8 Å². The van der Waals surface area contributed by atoms with Gasteiger partial charge in [-0.25, -0.2) is 0 Å². The summed E-state index contributed by atoms with van der Waals surface area (Å²) in [5, 5.41) is 8.20. The average molecular weight is 305 g/mol. The number of aryl methyl sites for hydroxylation is 2. The third-order valence-electron chi connectivity index (χ3n) is 3.93. The van der Waals surface area contributed by atoms with Crippen LogP contribution in [0.25, 0.3) is 0 Å². The van der Waals surface area contributed by atoms with Crippen molar-refractivity contribution in [3.8, 4) is 0 Å². The minimum absolute atomic E-state index is 0.158. The van der Waals surface area contributed by atoms with Crippen LogP contribution in [-0.2, 0) is 13.1 Å². The smallest absolute Gasteiger partial charge is 0.0673 e. The average Bonchev–Trinajstić information content (AvgIpc) is 2.83. The van der Waals surface area contributed by atoms with Gasteiger partial charge in [0.2, 0.25) is 0 Å². The molecule has 2 aromatic rings. The predicted molar refractivity (Wildman–Crippen MR) is 91.2 cm³/mol. The Labute approximate surface area is 132 Å². The van der Waals surface area contributed by atoms with Crippen LogP contribution in [0.2, 0.25) is 0 Å². The van der Waals surface area contributed by atoms with Crippen LogP contribution in [0.15, 0.2) is 6.07 Å². The number of aromatic nitrogens is 2. The quantitative estimate of drug-likeness (QED) is 0.921. The van der Waals surface area contributed by atoms with E-state index in [-0.39, 0.29) is 5.54 Å². The van der Waals surface area contributed by atoms with E-state index in [0.29, 0.717) is 0 Å². The number of hydrogen-bond acceptors (Lipinski definition) is 3. The van der Waals surface area contributed by atoms with Crippen molar-refractivity contribution < 1.29 is 0 Å². The summed E-state index contributed by atoms with van der Waals surface area (Å²) in [7, 11) is 0. The van der Waals surface area contributed by atoms with Crippen molar-refractivity contribution in [1.82, 2.24) is 15.1 Å². The van der Waals surface area contributed by atoms with Gasteiger partial charge in [0.25, 0.3) is 0 Å². The number of nitrogens with one attached hydrogen (secondary N) is 1. The minimum atomic E-state index is 0.158. The van der Waals surface area contributed by atoms with Crippen LogP contribution < -0.4 is 5.32 Å². The molecule has 0 bridgehead atoms. The lowest BCUT2D eigenvalue weighted by molar-refractivity contribution is 0.426. The van der Waals surface area contributed by atoms with Crippen LogP contribution in [0, 0.1) is 27.7 Å². The zero-order chi connectivity index (χ0) is 15.8. The molecule has 0 saturated heterocycles. The first-order chi connectivity index (χ1) is 9.67. The Hall–Kier alpha value is -1.13. The first-order valence-corrected chi connectivity index (χ1v) is 8.33. The van der Waals surface area contributed by atoms with E-state index in [1.54, 1.807) is 0 Å². The summed E-state index contributed by atoms with van der Waals surface area (Å²) in [5.74, 6) is 0. The Morgan fingerprint density at radius 3 is 2.38 bits per heavy atom. The monoisotopic (exact) mass is 305 g/mol. The molecule has 116 valence electrons. The highest BCUT2D eigenvalue weighted by Gasteiger charge is 2.13. The summed E-state index contributed by atoms with van der Waals surface area (Å²) in [5.41, 5.74) is 5.25. The first-order valence-electron chi connectivity index (χ1n) is 7.51. The molecule has 0 aliphatic heterocycles. The van der Waals surface area contributed by atoms with Crippen LogP contribution in [0.4, 0.5) is 0 Å². The molecule has 0 fully saturated rings. The van der Waals surface area contributed by atoms with Crippen LogP contribution in [0.3, 0.4) is 0 Å². The lowest BCUT2D eigenvalue weighted by Crippen LogP contribution is -2.34. The number of rotatable bonds is 4. The van der Waals surface area contributed by atoms with Crippen molar-refractivity contribution in [1.29, 1.82) is 0 Å². The van der Waals surface area contributed by atoms with Gasteiger partial charge in [-0.3, -0.25) is 4.68 Å². The third kappa shape index (κ3) is 3.95. The third-order valence-corrected chi connectivity index (χ3v) is 5.02. The zero-order valence-electron chi connectivity index (χ0n) is 14.3. The Bertz CT molecular complexity index is 629. The summed E-state index contributed by atoms with van der Waals surface area (Å²) in [4.78, 5) is 2.79. The van der Waals surface area contributed by atoms with Gasteiger partial charge < -0.3 is 5.32 Å². The molecule has 1 N–H and O–H groups in total. The Kier molecular flexibility index (Phi) is 4.59. The SMILES string of the molecule is Cc1nn(Cc2cc(CNC(C)(C)C)sc2C)c(C)c1C. The van der Waals surface area contributed by atoms with Gasteiger partial charge in [0.1, 0.15) is 0 Å². The lowest BCUT2D eigenvalue weighted by atomic mass is 10.1. The second kappa shape index (κ2) is 5.93. The number of nitrogens with zero attached hydrogens (tertiary/aromatic N) is 2. The molecule has 0 saturated carbocycles. The molecule has 0 radical (unpaired) electrons. The molecule has 2 heterocycles. The first kappa shape index (κ1) is 16.2. The van der Waals surface area contributed by atoms with Crippen molar-refractivity contribution in [3.63, 3.8) is 0 Å². The standard InChI is InChI=1S/C17H27N3S/c1-11-12(2)19-20(13(11)3)10-15-8-16(21-14(15)4)9-18-17(5,6)7/h8,18H,9-10H2,1-7H3. The van der Waals surface area contributed by atoms with E-state index in [1.807, 2.05) is 11.3 Å². The van der Waals surface area contributed by atoms with Gasteiger partial charge in [0.15, 0.2) is 0 Å². The van der Waals surface area contributed by atoms with E-state index in [9.17, 15) is 0 Å². The van der Waals surface area contributed by atoms with Crippen molar-refractivity contribution in [2.75, 3.05) is 0 Å². The van der Waals surface area contributed by atoms with Gasteiger partial charge in [-0.2, -0.15) is 5.10 Å².